The van der Waals surface area contributed by atoms with Crippen LogP contribution in [0.5, 0.6) is 0 Å². The second-order valence-corrected chi connectivity index (χ2v) is 4.60. The van der Waals surface area contributed by atoms with E-state index in [1.54, 1.807) is 4.90 Å². The van der Waals surface area contributed by atoms with Crippen molar-refractivity contribution < 1.29 is 13.6 Å². The summed E-state index contributed by atoms with van der Waals surface area (Å²) in [6, 6.07) is 1.93. The monoisotopic (exact) mass is 289 g/mol. The van der Waals surface area contributed by atoms with E-state index in [9.17, 15) is 13.6 Å². The van der Waals surface area contributed by atoms with Gasteiger partial charge in [0.2, 0.25) is 0 Å². The number of halogens is 3. The highest BCUT2D eigenvalue weighted by Gasteiger charge is 2.23. The van der Waals surface area contributed by atoms with Crippen LogP contribution >= 0.6 is 15.9 Å². The van der Waals surface area contributed by atoms with Crippen LogP contribution in [-0.2, 0) is 0 Å². The molecule has 2 rings (SSSR count). The maximum atomic E-state index is 13.4. The Hall–Kier alpha value is -0.970. The molecule has 0 saturated carbocycles. The first-order chi connectivity index (χ1) is 7.59. The van der Waals surface area contributed by atoms with E-state index in [1.165, 1.54) is 6.07 Å². The van der Waals surface area contributed by atoms with E-state index >= 15 is 0 Å². The summed E-state index contributed by atoms with van der Waals surface area (Å²) < 4.78 is 26.5. The van der Waals surface area contributed by atoms with E-state index in [0.29, 0.717) is 13.1 Å². The second kappa shape index (κ2) is 4.49. The molecule has 1 aliphatic heterocycles. The van der Waals surface area contributed by atoms with Crippen LogP contribution in [-0.4, -0.2) is 23.9 Å². The van der Waals surface area contributed by atoms with Crippen LogP contribution in [0.15, 0.2) is 16.6 Å². The number of carbonyl (C=O) groups is 1. The Morgan fingerprint density at radius 3 is 2.44 bits per heavy atom. The molecule has 1 amide bonds. The normalized spacial score (nSPS) is 15.6. The average Bonchev–Trinajstić information content (AvgIpc) is 2.75. The highest BCUT2D eigenvalue weighted by atomic mass is 79.9. The van der Waals surface area contributed by atoms with E-state index in [-0.39, 0.29) is 15.9 Å². The van der Waals surface area contributed by atoms with Crippen molar-refractivity contribution in [3.8, 4) is 0 Å². The smallest absolute Gasteiger partial charge is 0.256 e. The predicted octanol–water partition coefficient (Wildman–Crippen LogP) is 2.96. The molecule has 1 fully saturated rings. The third-order valence-corrected chi connectivity index (χ3v) is 3.24. The Morgan fingerprint density at radius 2 is 1.81 bits per heavy atom. The summed E-state index contributed by atoms with van der Waals surface area (Å²) in [7, 11) is 0. The first-order valence-electron chi connectivity index (χ1n) is 5.03. The molecule has 1 heterocycles. The Labute approximate surface area is 100 Å². The Kier molecular flexibility index (Phi) is 3.23. The van der Waals surface area contributed by atoms with Crippen molar-refractivity contribution in [2.24, 2.45) is 0 Å². The molecule has 0 spiro atoms. The standard InChI is InChI=1S/C11H10BrF2NO/c12-8-5-7(9(13)6-10(8)14)11(16)15-3-1-2-4-15/h5-6H,1-4H2. The fourth-order valence-corrected chi connectivity index (χ4v) is 2.12. The molecule has 0 radical (unpaired) electrons. The van der Waals surface area contributed by atoms with Gasteiger partial charge in [-0.05, 0) is 34.8 Å². The lowest BCUT2D eigenvalue weighted by atomic mass is 10.2. The van der Waals surface area contributed by atoms with E-state index < -0.39 is 11.6 Å². The maximum Gasteiger partial charge on any atom is 0.256 e. The molecule has 0 aromatic heterocycles. The summed E-state index contributed by atoms with van der Waals surface area (Å²) in [5.41, 5.74) is -0.0739. The molecule has 0 atom stereocenters. The van der Waals surface area contributed by atoms with Crippen LogP contribution in [0.4, 0.5) is 8.78 Å². The van der Waals surface area contributed by atoms with E-state index in [2.05, 4.69) is 15.9 Å². The topological polar surface area (TPSA) is 20.3 Å². The van der Waals surface area contributed by atoms with Gasteiger partial charge >= 0.3 is 0 Å². The molecule has 1 aromatic rings. The quantitative estimate of drug-likeness (QED) is 0.728. The van der Waals surface area contributed by atoms with Crippen LogP contribution in [0.25, 0.3) is 0 Å². The Balaban J connectivity index is 2.32. The van der Waals surface area contributed by atoms with Crippen molar-refractivity contribution >= 4 is 21.8 Å². The summed E-state index contributed by atoms with van der Waals surface area (Å²) >= 11 is 2.94. The first-order valence-corrected chi connectivity index (χ1v) is 5.82. The molecule has 16 heavy (non-hydrogen) atoms. The predicted molar refractivity (Wildman–Crippen MR) is 59.2 cm³/mol. The van der Waals surface area contributed by atoms with Crippen molar-refractivity contribution in [3.05, 3.63) is 33.8 Å². The molecule has 86 valence electrons. The van der Waals surface area contributed by atoms with Gasteiger partial charge in [0.05, 0.1) is 10.0 Å². The van der Waals surface area contributed by atoms with Crippen LogP contribution < -0.4 is 0 Å². The average molecular weight is 290 g/mol. The number of likely N-dealkylation sites (tertiary alicyclic amines) is 1. The number of rotatable bonds is 1. The lowest BCUT2D eigenvalue weighted by Gasteiger charge is -2.15. The van der Waals surface area contributed by atoms with Crippen molar-refractivity contribution in [1.82, 2.24) is 4.90 Å². The van der Waals surface area contributed by atoms with E-state index in [0.717, 1.165) is 18.9 Å². The zero-order valence-corrected chi connectivity index (χ0v) is 10.1. The van der Waals surface area contributed by atoms with Crippen LogP contribution in [0, 0.1) is 11.6 Å². The van der Waals surface area contributed by atoms with Gasteiger partial charge in [-0.1, -0.05) is 0 Å². The van der Waals surface area contributed by atoms with Crippen molar-refractivity contribution in [2.75, 3.05) is 13.1 Å². The fourth-order valence-electron chi connectivity index (χ4n) is 1.78. The molecule has 1 aliphatic rings. The second-order valence-electron chi connectivity index (χ2n) is 3.75. The fraction of sp³-hybridized carbons (Fsp3) is 0.364. The van der Waals surface area contributed by atoms with Gasteiger partial charge in [0.15, 0.2) is 0 Å². The first kappa shape index (κ1) is 11.5. The van der Waals surface area contributed by atoms with E-state index in [4.69, 9.17) is 0 Å². The summed E-state index contributed by atoms with van der Waals surface area (Å²) in [4.78, 5) is 13.5. The Morgan fingerprint density at radius 1 is 1.19 bits per heavy atom. The molecule has 0 N–H and O–H groups in total. The van der Waals surface area contributed by atoms with Crippen molar-refractivity contribution in [3.63, 3.8) is 0 Å². The van der Waals surface area contributed by atoms with Gasteiger partial charge in [0.1, 0.15) is 11.6 Å². The van der Waals surface area contributed by atoms with Gasteiger partial charge in [-0.25, -0.2) is 8.78 Å². The number of nitrogens with zero attached hydrogens (tertiary/aromatic N) is 1. The van der Waals surface area contributed by atoms with Gasteiger partial charge in [-0.15, -0.1) is 0 Å². The van der Waals surface area contributed by atoms with Crippen LogP contribution in [0.2, 0.25) is 0 Å². The third-order valence-electron chi connectivity index (χ3n) is 2.63. The molecule has 0 bridgehead atoms. The van der Waals surface area contributed by atoms with Crippen molar-refractivity contribution in [1.29, 1.82) is 0 Å². The van der Waals surface area contributed by atoms with Gasteiger partial charge in [0, 0.05) is 19.2 Å². The molecule has 0 unspecified atom stereocenters. The minimum atomic E-state index is -0.808. The zero-order chi connectivity index (χ0) is 11.7. The van der Waals surface area contributed by atoms with Crippen molar-refractivity contribution in [2.45, 2.75) is 12.8 Å². The van der Waals surface area contributed by atoms with Gasteiger partial charge in [-0.3, -0.25) is 4.79 Å². The van der Waals surface area contributed by atoms with Gasteiger partial charge in [0.25, 0.3) is 5.91 Å². The molecular weight excluding hydrogens is 280 g/mol. The minimum absolute atomic E-state index is 0.0739. The Bertz CT molecular complexity index is 430. The SMILES string of the molecule is O=C(c1cc(Br)c(F)cc1F)N1CCCC1. The largest absolute Gasteiger partial charge is 0.339 e. The maximum absolute atomic E-state index is 13.4. The molecule has 0 aliphatic carbocycles. The number of benzene rings is 1. The highest BCUT2D eigenvalue weighted by Crippen LogP contribution is 2.22. The molecule has 5 heteroatoms. The molecular formula is C11H10BrF2NO. The lowest BCUT2D eigenvalue weighted by molar-refractivity contribution is 0.0788. The zero-order valence-electron chi connectivity index (χ0n) is 8.47. The van der Waals surface area contributed by atoms with Crippen LogP contribution in [0.1, 0.15) is 23.2 Å². The number of amides is 1. The van der Waals surface area contributed by atoms with Crippen LogP contribution in [0.3, 0.4) is 0 Å². The summed E-state index contributed by atoms with van der Waals surface area (Å²) in [5, 5.41) is 0. The molecule has 2 nitrogen and oxygen atoms in total. The molecule has 1 saturated heterocycles. The highest BCUT2D eigenvalue weighted by molar-refractivity contribution is 9.10. The number of hydrogen-bond acceptors (Lipinski definition) is 1. The summed E-state index contributed by atoms with van der Waals surface area (Å²) in [6.45, 7) is 1.29. The summed E-state index contributed by atoms with van der Waals surface area (Å²) in [6.07, 6.45) is 1.88. The number of carbonyl (C=O) groups excluding carboxylic acids is 1. The number of hydrogen-bond donors (Lipinski definition) is 0. The third kappa shape index (κ3) is 2.09. The van der Waals surface area contributed by atoms with Gasteiger partial charge < -0.3 is 4.90 Å². The van der Waals surface area contributed by atoms with Gasteiger partial charge in [-0.2, -0.15) is 0 Å². The molecule has 1 aromatic carbocycles. The minimum Gasteiger partial charge on any atom is -0.339 e. The summed E-state index contributed by atoms with van der Waals surface area (Å²) in [5.74, 6) is -1.87. The van der Waals surface area contributed by atoms with E-state index in [1.807, 2.05) is 0 Å². The lowest BCUT2D eigenvalue weighted by Crippen LogP contribution is -2.28.